The van der Waals surface area contributed by atoms with Crippen molar-refractivity contribution in [2.75, 3.05) is 24.5 Å². The van der Waals surface area contributed by atoms with E-state index in [-0.39, 0.29) is 42.4 Å². The van der Waals surface area contributed by atoms with Crippen molar-refractivity contribution >= 4 is 23.4 Å². The fourth-order valence-electron chi connectivity index (χ4n) is 3.85. The Bertz CT molecular complexity index is 729. The molecule has 2 heterocycles. The van der Waals surface area contributed by atoms with Crippen molar-refractivity contribution in [1.29, 1.82) is 0 Å². The van der Waals surface area contributed by atoms with Gasteiger partial charge in [0.25, 0.3) is 0 Å². The summed E-state index contributed by atoms with van der Waals surface area (Å²) in [5.41, 5.74) is 0.575. The molecule has 7 heteroatoms. The number of anilines is 1. The molecule has 152 valence electrons. The molecule has 0 aromatic heterocycles. The largest absolute Gasteiger partial charge is 0.344 e. The fourth-order valence-corrected chi connectivity index (χ4v) is 3.85. The van der Waals surface area contributed by atoms with Crippen LogP contribution >= 0.6 is 0 Å². The molecule has 1 unspecified atom stereocenters. The zero-order chi connectivity index (χ0) is 20.3. The first-order valence-corrected chi connectivity index (χ1v) is 10.0. The van der Waals surface area contributed by atoms with Gasteiger partial charge < -0.3 is 15.1 Å². The maximum absolute atomic E-state index is 13.1. The van der Waals surface area contributed by atoms with E-state index >= 15 is 0 Å². The van der Waals surface area contributed by atoms with Crippen LogP contribution in [0.25, 0.3) is 0 Å². The van der Waals surface area contributed by atoms with Crippen LogP contribution in [0.2, 0.25) is 0 Å². The maximum atomic E-state index is 13.1. The van der Waals surface area contributed by atoms with Crippen molar-refractivity contribution in [3.63, 3.8) is 0 Å². The van der Waals surface area contributed by atoms with E-state index in [4.69, 9.17) is 0 Å². The number of nitrogens with one attached hydrogen (secondary N) is 1. The van der Waals surface area contributed by atoms with Crippen LogP contribution in [0.3, 0.4) is 0 Å². The number of rotatable bonds is 5. The van der Waals surface area contributed by atoms with Crippen molar-refractivity contribution < 1.29 is 18.8 Å². The Balaban J connectivity index is 1.64. The standard InChI is InChI=1S/C21H28FN3O3/c1-14(2)19(21(28)24-10-4-3-5-11-24)23-20(27)15-12-18(26)25(13-15)17-8-6-16(22)7-9-17/h6-9,14-15,19H,3-5,10-13H2,1-2H3,(H,23,27)/t15?,19-/m0/s1. The van der Waals surface area contributed by atoms with Gasteiger partial charge in [0.05, 0.1) is 5.92 Å². The van der Waals surface area contributed by atoms with E-state index < -0.39 is 12.0 Å². The number of hydrogen-bond acceptors (Lipinski definition) is 3. The smallest absolute Gasteiger partial charge is 0.245 e. The molecule has 1 aromatic carbocycles. The third kappa shape index (κ3) is 4.51. The van der Waals surface area contributed by atoms with Gasteiger partial charge in [0.15, 0.2) is 0 Å². The van der Waals surface area contributed by atoms with Gasteiger partial charge in [-0.15, -0.1) is 0 Å². The second-order valence-electron chi connectivity index (χ2n) is 8.00. The summed E-state index contributed by atoms with van der Waals surface area (Å²) in [6.07, 6.45) is 3.21. The van der Waals surface area contributed by atoms with Crippen molar-refractivity contribution in [1.82, 2.24) is 10.2 Å². The monoisotopic (exact) mass is 389 g/mol. The molecule has 2 aliphatic heterocycles. The average Bonchev–Trinajstić information content (AvgIpc) is 3.08. The van der Waals surface area contributed by atoms with Crippen molar-refractivity contribution in [2.24, 2.45) is 11.8 Å². The lowest BCUT2D eigenvalue weighted by Gasteiger charge is -2.32. The van der Waals surface area contributed by atoms with Crippen LogP contribution in [0.15, 0.2) is 24.3 Å². The zero-order valence-corrected chi connectivity index (χ0v) is 16.5. The number of nitrogens with zero attached hydrogens (tertiary/aromatic N) is 2. The van der Waals surface area contributed by atoms with E-state index in [1.807, 2.05) is 18.7 Å². The van der Waals surface area contributed by atoms with Gasteiger partial charge >= 0.3 is 0 Å². The zero-order valence-electron chi connectivity index (χ0n) is 16.5. The molecule has 6 nitrogen and oxygen atoms in total. The van der Waals surface area contributed by atoms with Gasteiger partial charge in [-0.3, -0.25) is 14.4 Å². The third-order valence-electron chi connectivity index (χ3n) is 5.53. The molecular weight excluding hydrogens is 361 g/mol. The highest BCUT2D eigenvalue weighted by molar-refractivity contribution is 6.01. The average molecular weight is 389 g/mol. The van der Waals surface area contributed by atoms with Crippen LogP contribution in [0.5, 0.6) is 0 Å². The number of benzene rings is 1. The van der Waals surface area contributed by atoms with Gasteiger partial charge in [-0.2, -0.15) is 0 Å². The first kappa shape index (κ1) is 20.3. The fraction of sp³-hybridized carbons (Fsp3) is 0.571. The number of carbonyl (C=O) groups is 3. The number of carbonyl (C=O) groups excluding carboxylic acids is 3. The minimum atomic E-state index is -0.583. The topological polar surface area (TPSA) is 69.7 Å². The third-order valence-corrected chi connectivity index (χ3v) is 5.53. The maximum Gasteiger partial charge on any atom is 0.245 e. The summed E-state index contributed by atoms with van der Waals surface area (Å²) in [5.74, 6) is -1.42. The molecule has 2 saturated heterocycles. The molecule has 3 rings (SSSR count). The Hall–Kier alpha value is -2.44. The van der Waals surface area contributed by atoms with Crippen LogP contribution in [0.4, 0.5) is 10.1 Å². The van der Waals surface area contributed by atoms with Gasteiger partial charge in [-0.05, 0) is 49.4 Å². The SMILES string of the molecule is CC(C)[C@H](NC(=O)C1CC(=O)N(c2ccc(F)cc2)C1)C(=O)N1CCCCC1. The van der Waals surface area contributed by atoms with E-state index in [1.165, 1.54) is 29.2 Å². The predicted octanol–water partition coefficient (Wildman–Crippen LogP) is 2.33. The molecule has 1 N–H and O–H groups in total. The van der Waals surface area contributed by atoms with Gasteiger partial charge in [0.2, 0.25) is 17.7 Å². The summed E-state index contributed by atoms with van der Waals surface area (Å²) in [4.78, 5) is 41.4. The minimum absolute atomic E-state index is 0.0383. The normalized spacial score (nSPS) is 21.1. The summed E-state index contributed by atoms with van der Waals surface area (Å²) in [5, 5.41) is 2.89. The number of hydrogen-bond donors (Lipinski definition) is 1. The molecule has 1 aromatic rings. The summed E-state index contributed by atoms with van der Waals surface area (Å²) < 4.78 is 13.1. The molecule has 3 amide bonds. The Morgan fingerprint density at radius 3 is 2.36 bits per heavy atom. The van der Waals surface area contributed by atoms with E-state index in [0.29, 0.717) is 5.69 Å². The summed E-state index contributed by atoms with van der Waals surface area (Å²) in [7, 11) is 0. The summed E-state index contributed by atoms with van der Waals surface area (Å²) in [6.45, 7) is 5.53. The predicted molar refractivity (Wildman–Crippen MR) is 104 cm³/mol. The van der Waals surface area contributed by atoms with E-state index in [0.717, 1.165) is 32.4 Å². The minimum Gasteiger partial charge on any atom is -0.344 e. The lowest BCUT2D eigenvalue weighted by atomic mass is 9.99. The van der Waals surface area contributed by atoms with Crippen LogP contribution < -0.4 is 10.2 Å². The van der Waals surface area contributed by atoms with Crippen molar-refractivity contribution in [3.05, 3.63) is 30.1 Å². The molecule has 28 heavy (non-hydrogen) atoms. The highest BCUT2D eigenvalue weighted by Gasteiger charge is 2.38. The van der Waals surface area contributed by atoms with Crippen LogP contribution in [0.1, 0.15) is 39.5 Å². The van der Waals surface area contributed by atoms with Crippen molar-refractivity contribution in [3.8, 4) is 0 Å². The quantitative estimate of drug-likeness (QED) is 0.840. The van der Waals surface area contributed by atoms with Gasteiger partial charge in [0.1, 0.15) is 11.9 Å². The second-order valence-corrected chi connectivity index (χ2v) is 8.00. The molecule has 2 fully saturated rings. The Morgan fingerprint density at radius 1 is 1.11 bits per heavy atom. The number of amides is 3. The first-order chi connectivity index (χ1) is 13.4. The number of likely N-dealkylation sites (tertiary alicyclic amines) is 1. The lowest BCUT2D eigenvalue weighted by molar-refractivity contribution is -0.139. The number of halogens is 1. The Morgan fingerprint density at radius 2 is 1.75 bits per heavy atom. The van der Waals surface area contributed by atoms with E-state index in [2.05, 4.69) is 5.32 Å². The molecule has 0 bridgehead atoms. The molecule has 0 aliphatic carbocycles. The molecule has 2 aliphatic rings. The summed E-state index contributed by atoms with van der Waals surface area (Å²) >= 11 is 0. The van der Waals surface area contributed by atoms with Crippen LogP contribution in [0, 0.1) is 17.7 Å². The highest BCUT2D eigenvalue weighted by Crippen LogP contribution is 2.26. The van der Waals surface area contributed by atoms with Gasteiger partial charge in [-0.1, -0.05) is 13.8 Å². The second kappa shape index (κ2) is 8.71. The van der Waals surface area contributed by atoms with Crippen LogP contribution in [-0.4, -0.2) is 48.3 Å². The van der Waals surface area contributed by atoms with Gasteiger partial charge in [0, 0.05) is 31.7 Å². The van der Waals surface area contributed by atoms with Gasteiger partial charge in [-0.25, -0.2) is 4.39 Å². The molecule has 0 spiro atoms. The first-order valence-electron chi connectivity index (χ1n) is 10.0. The summed E-state index contributed by atoms with van der Waals surface area (Å²) in [6, 6.07) is 5.07. The molecule has 2 atom stereocenters. The molecular formula is C21H28FN3O3. The molecule has 0 saturated carbocycles. The lowest BCUT2D eigenvalue weighted by Crippen LogP contribution is -2.53. The number of piperidine rings is 1. The Kier molecular flexibility index (Phi) is 6.31. The Labute approximate surface area is 165 Å². The van der Waals surface area contributed by atoms with E-state index in [1.54, 1.807) is 0 Å². The van der Waals surface area contributed by atoms with E-state index in [9.17, 15) is 18.8 Å². The van der Waals surface area contributed by atoms with Crippen LogP contribution in [-0.2, 0) is 14.4 Å². The van der Waals surface area contributed by atoms with Crippen molar-refractivity contribution in [2.45, 2.75) is 45.6 Å². The molecule has 0 radical (unpaired) electrons. The highest BCUT2D eigenvalue weighted by atomic mass is 19.1.